The van der Waals surface area contributed by atoms with E-state index >= 15 is 0 Å². The first kappa shape index (κ1) is 20.5. The Bertz CT molecular complexity index is 1040. The molecule has 0 aliphatic rings. The number of nitrogens with one attached hydrogen (secondary N) is 1. The van der Waals surface area contributed by atoms with Gasteiger partial charge in [-0.2, -0.15) is 0 Å². The lowest BCUT2D eigenvalue weighted by atomic mass is 10.0. The minimum absolute atomic E-state index is 0.191. The zero-order valence-electron chi connectivity index (χ0n) is 16.2. The van der Waals surface area contributed by atoms with Gasteiger partial charge in [0, 0.05) is 10.4 Å². The molecule has 0 spiro atoms. The summed E-state index contributed by atoms with van der Waals surface area (Å²) < 4.78 is 23.8. The van der Waals surface area contributed by atoms with Crippen molar-refractivity contribution >= 4 is 28.2 Å². The van der Waals surface area contributed by atoms with Crippen LogP contribution >= 0.6 is 11.3 Å². The minimum Gasteiger partial charge on any atom is -0.496 e. The van der Waals surface area contributed by atoms with Gasteiger partial charge in [0.05, 0.1) is 19.3 Å². The second-order valence-electron chi connectivity index (χ2n) is 6.12. The Kier molecular flexibility index (Phi) is 6.29. The summed E-state index contributed by atoms with van der Waals surface area (Å²) in [5, 5.41) is 3.18. The summed E-state index contributed by atoms with van der Waals surface area (Å²) in [7, 11) is 1.48. The van der Waals surface area contributed by atoms with E-state index < -0.39 is 11.9 Å². The Balaban J connectivity index is 2.06. The molecule has 0 aliphatic carbocycles. The SMILES string of the molecule is CCOC(=O)c1c(NC(=O)c2ccccc2OC)sc(C)c1-c1ccc(F)cc1. The Labute approximate surface area is 172 Å². The van der Waals surface area contributed by atoms with Crippen molar-refractivity contribution in [2.24, 2.45) is 0 Å². The van der Waals surface area contributed by atoms with E-state index in [0.717, 1.165) is 4.88 Å². The molecule has 1 amide bonds. The maximum atomic E-state index is 13.4. The number of rotatable bonds is 6. The van der Waals surface area contributed by atoms with Crippen molar-refractivity contribution in [3.05, 3.63) is 70.4 Å². The summed E-state index contributed by atoms with van der Waals surface area (Å²) in [5.74, 6) is -0.898. The molecule has 1 aromatic heterocycles. The van der Waals surface area contributed by atoms with Crippen molar-refractivity contribution < 1.29 is 23.5 Å². The molecule has 0 saturated carbocycles. The van der Waals surface area contributed by atoms with Crippen LogP contribution in [0.25, 0.3) is 11.1 Å². The number of carbonyl (C=O) groups is 2. The van der Waals surface area contributed by atoms with E-state index in [4.69, 9.17) is 9.47 Å². The van der Waals surface area contributed by atoms with Gasteiger partial charge in [-0.25, -0.2) is 9.18 Å². The number of esters is 1. The van der Waals surface area contributed by atoms with Gasteiger partial charge >= 0.3 is 5.97 Å². The van der Waals surface area contributed by atoms with Crippen LogP contribution in [-0.2, 0) is 4.74 Å². The first-order valence-electron chi connectivity index (χ1n) is 8.97. The third-order valence-corrected chi connectivity index (χ3v) is 5.30. The van der Waals surface area contributed by atoms with E-state index in [0.29, 0.717) is 27.4 Å². The van der Waals surface area contributed by atoms with Gasteiger partial charge in [0.25, 0.3) is 5.91 Å². The highest BCUT2D eigenvalue weighted by Gasteiger charge is 2.26. The van der Waals surface area contributed by atoms with Crippen LogP contribution in [0.3, 0.4) is 0 Å². The smallest absolute Gasteiger partial charge is 0.341 e. The van der Waals surface area contributed by atoms with Crippen LogP contribution in [0.1, 0.15) is 32.5 Å². The topological polar surface area (TPSA) is 64.6 Å². The lowest BCUT2D eigenvalue weighted by Gasteiger charge is -2.11. The predicted octanol–water partition coefficient (Wildman–Crippen LogP) is 5.30. The van der Waals surface area contributed by atoms with Crippen LogP contribution in [0, 0.1) is 12.7 Å². The Morgan fingerprint density at radius 3 is 2.45 bits per heavy atom. The van der Waals surface area contributed by atoms with Gasteiger partial charge in [-0.3, -0.25) is 4.79 Å². The standard InChI is InChI=1S/C22H20FNO4S/c1-4-28-22(26)19-18(14-9-11-15(23)12-10-14)13(2)29-21(19)24-20(25)16-7-5-6-8-17(16)27-3/h5-12H,4H2,1-3H3,(H,24,25). The summed E-state index contributed by atoms with van der Waals surface area (Å²) in [6.07, 6.45) is 0. The van der Waals surface area contributed by atoms with Crippen LogP contribution in [0.2, 0.25) is 0 Å². The predicted molar refractivity (Wildman–Crippen MR) is 111 cm³/mol. The van der Waals surface area contributed by atoms with Gasteiger partial charge in [0.2, 0.25) is 0 Å². The van der Waals surface area contributed by atoms with Crippen LogP contribution in [-0.4, -0.2) is 25.6 Å². The molecule has 0 atom stereocenters. The molecule has 2 aromatic carbocycles. The number of methoxy groups -OCH3 is 1. The number of carbonyl (C=O) groups excluding carboxylic acids is 2. The van der Waals surface area contributed by atoms with Crippen molar-refractivity contribution in [1.82, 2.24) is 0 Å². The quantitative estimate of drug-likeness (QED) is 0.557. The second kappa shape index (κ2) is 8.87. The number of hydrogen-bond donors (Lipinski definition) is 1. The number of thiophene rings is 1. The Morgan fingerprint density at radius 2 is 1.79 bits per heavy atom. The number of halogens is 1. The third kappa shape index (κ3) is 4.30. The molecule has 3 rings (SSSR count). The van der Waals surface area contributed by atoms with Gasteiger partial charge < -0.3 is 14.8 Å². The highest BCUT2D eigenvalue weighted by molar-refractivity contribution is 7.17. The Hall–Kier alpha value is -3.19. The normalized spacial score (nSPS) is 10.5. The zero-order valence-corrected chi connectivity index (χ0v) is 17.1. The molecule has 3 aromatic rings. The van der Waals surface area contributed by atoms with Gasteiger partial charge in [-0.05, 0) is 43.7 Å². The number of amides is 1. The first-order valence-corrected chi connectivity index (χ1v) is 9.78. The molecule has 1 heterocycles. The number of ether oxygens (including phenoxy) is 2. The van der Waals surface area contributed by atoms with Crippen molar-refractivity contribution in [2.75, 3.05) is 19.0 Å². The summed E-state index contributed by atoms with van der Waals surface area (Å²) in [6, 6.07) is 12.7. The largest absolute Gasteiger partial charge is 0.496 e. The highest BCUT2D eigenvalue weighted by atomic mass is 32.1. The van der Waals surface area contributed by atoms with E-state index in [9.17, 15) is 14.0 Å². The summed E-state index contributed by atoms with van der Waals surface area (Å²) in [4.78, 5) is 26.4. The first-order chi connectivity index (χ1) is 14.0. The van der Waals surface area contributed by atoms with E-state index in [1.807, 2.05) is 6.92 Å². The number of aryl methyl sites for hydroxylation is 1. The van der Waals surface area contributed by atoms with Crippen LogP contribution in [0.15, 0.2) is 48.5 Å². The number of para-hydroxylation sites is 1. The molecule has 0 unspecified atom stereocenters. The molecule has 0 fully saturated rings. The molecule has 5 nitrogen and oxygen atoms in total. The number of anilines is 1. The molecule has 1 N–H and O–H groups in total. The molecule has 0 bridgehead atoms. The maximum absolute atomic E-state index is 13.4. The van der Waals surface area contributed by atoms with Gasteiger partial charge in [-0.1, -0.05) is 24.3 Å². The Morgan fingerprint density at radius 1 is 1.10 bits per heavy atom. The van der Waals surface area contributed by atoms with Gasteiger partial charge in [0.1, 0.15) is 22.1 Å². The van der Waals surface area contributed by atoms with E-state index in [-0.39, 0.29) is 18.0 Å². The summed E-state index contributed by atoms with van der Waals surface area (Å²) in [5.41, 5.74) is 1.88. The minimum atomic E-state index is -0.550. The molecular weight excluding hydrogens is 393 g/mol. The maximum Gasteiger partial charge on any atom is 0.341 e. The molecule has 29 heavy (non-hydrogen) atoms. The van der Waals surface area contributed by atoms with Crippen molar-refractivity contribution in [2.45, 2.75) is 13.8 Å². The number of benzene rings is 2. The molecule has 0 radical (unpaired) electrons. The fraction of sp³-hybridized carbons (Fsp3) is 0.182. The zero-order chi connectivity index (χ0) is 21.0. The molecule has 150 valence electrons. The number of hydrogen-bond acceptors (Lipinski definition) is 5. The van der Waals surface area contributed by atoms with E-state index in [1.165, 1.54) is 30.6 Å². The fourth-order valence-corrected chi connectivity index (χ4v) is 4.06. The van der Waals surface area contributed by atoms with Crippen LogP contribution in [0.5, 0.6) is 5.75 Å². The van der Waals surface area contributed by atoms with Crippen molar-refractivity contribution in [1.29, 1.82) is 0 Å². The fourth-order valence-electron chi connectivity index (χ4n) is 3.00. The van der Waals surface area contributed by atoms with Crippen LogP contribution < -0.4 is 10.1 Å². The average Bonchev–Trinajstić information content (AvgIpc) is 3.04. The highest BCUT2D eigenvalue weighted by Crippen LogP contribution is 2.40. The average molecular weight is 413 g/mol. The molecular formula is C22H20FNO4S. The lowest BCUT2D eigenvalue weighted by Crippen LogP contribution is -2.15. The molecule has 7 heteroatoms. The van der Waals surface area contributed by atoms with E-state index in [1.54, 1.807) is 43.3 Å². The molecule has 0 saturated heterocycles. The van der Waals surface area contributed by atoms with E-state index in [2.05, 4.69) is 5.32 Å². The van der Waals surface area contributed by atoms with Gasteiger partial charge in [0.15, 0.2) is 0 Å². The summed E-state index contributed by atoms with van der Waals surface area (Å²) >= 11 is 1.26. The lowest BCUT2D eigenvalue weighted by molar-refractivity contribution is 0.0529. The third-order valence-electron chi connectivity index (χ3n) is 4.28. The second-order valence-corrected chi connectivity index (χ2v) is 7.34. The van der Waals surface area contributed by atoms with Crippen LogP contribution in [0.4, 0.5) is 9.39 Å². The van der Waals surface area contributed by atoms with Gasteiger partial charge in [-0.15, -0.1) is 11.3 Å². The van der Waals surface area contributed by atoms with Crippen molar-refractivity contribution in [3.8, 4) is 16.9 Å². The molecule has 0 aliphatic heterocycles. The van der Waals surface area contributed by atoms with Crippen molar-refractivity contribution in [3.63, 3.8) is 0 Å². The monoisotopic (exact) mass is 413 g/mol. The summed E-state index contributed by atoms with van der Waals surface area (Å²) in [6.45, 7) is 3.74.